The second-order valence-corrected chi connectivity index (χ2v) is 6.39. The van der Waals surface area contributed by atoms with Gasteiger partial charge in [0.25, 0.3) is 0 Å². The number of nitrogens with zero attached hydrogens (tertiary/aromatic N) is 4. The topological polar surface area (TPSA) is 116 Å². The standard InChI is InChI=1S/C24H22N6O2/c1-3-31-20-11-7-5-9-18(20)27-23-14-24(30-22(29-23)13-17(15-25)16-26)28-19-10-6-8-12-21(19)32-4-2/h5-14H,3-4H2,1-2H3,(H2,27,28,29,30). The molecule has 3 aromatic rings. The Kier molecular flexibility index (Phi) is 7.61. The molecular formula is C24H22N6O2. The number of hydrogen-bond donors (Lipinski definition) is 2. The smallest absolute Gasteiger partial charge is 0.158 e. The minimum atomic E-state index is -0.0995. The van der Waals surface area contributed by atoms with Gasteiger partial charge < -0.3 is 20.1 Å². The Labute approximate surface area is 186 Å². The number of para-hydroxylation sites is 4. The van der Waals surface area contributed by atoms with Crippen molar-refractivity contribution in [3.8, 4) is 23.6 Å². The van der Waals surface area contributed by atoms with Gasteiger partial charge >= 0.3 is 0 Å². The molecule has 0 saturated heterocycles. The van der Waals surface area contributed by atoms with E-state index in [0.29, 0.717) is 36.3 Å². The van der Waals surface area contributed by atoms with Gasteiger partial charge in [0.1, 0.15) is 40.8 Å². The first-order chi connectivity index (χ1) is 15.7. The van der Waals surface area contributed by atoms with Gasteiger partial charge in [-0.05, 0) is 38.1 Å². The lowest BCUT2D eigenvalue weighted by atomic mass is 10.2. The molecule has 0 unspecified atom stereocenters. The number of rotatable bonds is 9. The van der Waals surface area contributed by atoms with Gasteiger partial charge in [-0.15, -0.1) is 0 Å². The zero-order chi connectivity index (χ0) is 22.8. The minimum absolute atomic E-state index is 0.0995. The van der Waals surface area contributed by atoms with E-state index in [2.05, 4.69) is 20.6 Å². The van der Waals surface area contributed by atoms with Crippen LogP contribution in [0.1, 0.15) is 19.7 Å². The van der Waals surface area contributed by atoms with E-state index in [4.69, 9.17) is 20.0 Å². The van der Waals surface area contributed by atoms with Crippen LogP contribution < -0.4 is 20.1 Å². The second kappa shape index (κ2) is 11.0. The van der Waals surface area contributed by atoms with Crippen LogP contribution in [0.25, 0.3) is 6.08 Å². The number of allylic oxidation sites excluding steroid dienone is 1. The molecule has 160 valence electrons. The highest BCUT2D eigenvalue weighted by Gasteiger charge is 2.10. The molecule has 1 aromatic heterocycles. The molecule has 2 aromatic carbocycles. The number of aromatic nitrogens is 2. The summed E-state index contributed by atoms with van der Waals surface area (Å²) in [5.74, 6) is 2.49. The lowest BCUT2D eigenvalue weighted by molar-refractivity contribution is 0.342. The minimum Gasteiger partial charge on any atom is -0.492 e. The summed E-state index contributed by atoms with van der Waals surface area (Å²) in [6.45, 7) is 4.86. The maximum atomic E-state index is 9.13. The Morgan fingerprint density at radius 2 is 1.31 bits per heavy atom. The van der Waals surface area contributed by atoms with E-state index in [1.165, 1.54) is 6.08 Å². The SMILES string of the molecule is CCOc1ccccc1Nc1cc(Nc2ccccc2OCC)nc(C=C(C#N)C#N)n1. The fourth-order valence-electron chi connectivity index (χ4n) is 2.86. The predicted molar refractivity (Wildman–Crippen MR) is 123 cm³/mol. The molecule has 0 aliphatic heterocycles. The van der Waals surface area contributed by atoms with E-state index in [-0.39, 0.29) is 11.4 Å². The zero-order valence-corrected chi connectivity index (χ0v) is 17.8. The normalized spacial score (nSPS) is 9.75. The van der Waals surface area contributed by atoms with E-state index in [1.807, 2.05) is 74.5 Å². The van der Waals surface area contributed by atoms with Crippen molar-refractivity contribution in [3.63, 3.8) is 0 Å². The Morgan fingerprint density at radius 1 is 0.844 bits per heavy atom. The van der Waals surface area contributed by atoms with Crippen molar-refractivity contribution in [1.82, 2.24) is 9.97 Å². The highest BCUT2D eigenvalue weighted by atomic mass is 16.5. The van der Waals surface area contributed by atoms with E-state index in [9.17, 15) is 0 Å². The largest absolute Gasteiger partial charge is 0.492 e. The number of nitrogens with one attached hydrogen (secondary N) is 2. The number of nitriles is 2. The number of hydrogen-bond acceptors (Lipinski definition) is 8. The van der Waals surface area contributed by atoms with Crippen LogP contribution in [0, 0.1) is 22.7 Å². The van der Waals surface area contributed by atoms with Crippen LogP contribution in [0.2, 0.25) is 0 Å². The molecule has 0 aliphatic rings. The molecule has 32 heavy (non-hydrogen) atoms. The van der Waals surface area contributed by atoms with Crippen LogP contribution in [0.15, 0.2) is 60.2 Å². The van der Waals surface area contributed by atoms with E-state index in [1.54, 1.807) is 6.07 Å². The predicted octanol–water partition coefficient (Wildman–Crippen LogP) is 5.19. The summed E-state index contributed by atoms with van der Waals surface area (Å²) < 4.78 is 11.3. The molecule has 0 bridgehead atoms. The van der Waals surface area contributed by atoms with Crippen molar-refractivity contribution in [2.75, 3.05) is 23.8 Å². The van der Waals surface area contributed by atoms with Crippen molar-refractivity contribution in [1.29, 1.82) is 10.5 Å². The molecule has 0 fully saturated rings. The Bertz CT molecular complexity index is 1110. The van der Waals surface area contributed by atoms with Crippen LogP contribution >= 0.6 is 0 Å². The fourth-order valence-corrected chi connectivity index (χ4v) is 2.86. The van der Waals surface area contributed by atoms with Crippen LogP contribution in [0.5, 0.6) is 11.5 Å². The molecule has 0 atom stereocenters. The van der Waals surface area contributed by atoms with Crippen molar-refractivity contribution < 1.29 is 9.47 Å². The zero-order valence-electron chi connectivity index (χ0n) is 17.8. The fraction of sp³-hybridized carbons (Fsp3) is 0.167. The van der Waals surface area contributed by atoms with Gasteiger partial charge in [0, 0.05) is 12.1 Å². The third kappa shape index (κ3) is 5.74. The summed E-state index contributed by atoms with van der Waals surface area (Å²) in [6, 6.07) is 20.4. The molecule has 0 spiro atoms. The Morgan fingerprint density at radius 3 is 1.75 bits per heavy atom. The molecule has 8 nitrogen and oxygen atoms in total. The monoisotopic (exact) mass is 426 g/mol. The van der Waals surface area contributed by atoms with Gasteiger partial charge in [0.05, 0.1) is 24.6 Å². The molecule has 1 heterocycles. The molecule has 2 N–H and O–H groups in total. The van der Waals surface area contributed by atoms with Crippen molar-refractivity contribution in [2.24, 2.45) is 0 Å². The molecular weight excluding hydrogens is 404 g/mol. The lowest BCUT2D eigenvalue weighted by Gasteiger charge is -2.15. The third-order valence-corrected chi connectivity index (χ3v) is 4.16. The average molecular weight is 426 g/mol. The Hall–Kier alpha value is -4.56. The molecule has 0 radical (unpaired) electrons. The number of ether oxygens (including phenoxy) is 2. The average Bonchev–Trinajstić information content (AvgIpc) is 2.80. The molecule has 0 amide bonds. The highest BCUT2D eigenvalue weighted by molar-refractivity contribution is 5.71. The van der Waals surface area contributed by atoms with Gasteiger partial charge in [-0.2, -0.15) is 10.5 Å². The summed E-state index contributed by atoms with van der Waals surface area (Å²) in [5.41, 5.74) is 1.35. The van der Waals surface area contributed by atoms with Crippen molar-refractivity contribution in [3.05, 3.63) is 66.0 Å². The quantitative estimate of drug-likeness (QED) is 0.449. The van der Waals surface area contributed by atoms with Crippen LogP contribution in [-0.2, 0) is 0 Å². The summed E-state index contributed by atoms with van der Waals surface area (Å²) in [7, 11) is 0. The summed E-state index contributed by atoms with van der Waals surface area (Å²) >= 11 is 0. The van der Waals surface area contributed by atoms with Gasteiger partial charge in [0.2, 0.25) is 0 Å². The van der Waals surface area contributed by atoms with Gasteiger partial charge in [-0.1, -0.05) is 24.3 Å². The first-order valence-electron chi connectivity index (χ1n) is 10.1. The van der Waals surface area contributed by atoms with Gasteiger partial charge in [0.15, 0.2) is 5.82 Å². The van der Waals surface area contributed by atoms with E-state index < -0.39 is 0 Å². The summed E-state index contributed by atoms with van der Waals surface area (Å²) in [5, 5.41) is 24.7. The lowest BCUT2D eigenvalue weighted by Crippen LogP contribution is -2.04. The van der Waals surface area contributed by atoms with E-state index >= 15 is 0 Å². The summed E-state index contributed by atoms with van der Waals surface area (Å²) in [4.78, 5) is 8.88. The first-order valence-corrected chi connectivity index (χ1v) is 10.1. The number of anilines is 4. The van der Waals surface area contributed by atoms with Crippen molar-refractivity contribution >= 4 is 29.1 Å². The molecule has 0 aliphatic carbocycles. The second-order valence-electron chi connectivity index (χ2n) is 6.39. The van der Waals surface area contributed by atoms with Crippen LogP contribution in [-0.4, -0.2) is 23.2 Å². The third-order valence-electron chi connectivity index (χ3n) is 4.16. The summed E-state index contributed by atoms with van der Waals surface area (Å²) in [6.07, 6.45) is 1.33. The van der Waals surface area contributed by atoms with Gasteiger partial charge in [-0.25, -0.2) is 9.97 Å². The first kappa shape index (κ1) is 22.1. The van der Waals surface area contributed by atoms with Crippen LogP contribution in [0.3, 0.4) is 0 Å². The maximum Gasteiger partial charge on any atom is 0.158 e. The van der Waals surface area contributed by atoms with Crippen LogP contribution in [0.4, 0.5) is 23.0 Å². The number of benzene rings is 2. The van der Waals surface area contributed by atoms with E-state index in [0.717, 1.165) is 11.4 Å². The molecule has 8 heteroatoms. The highest BCUT2D eigenvalue weighted by Crippen LogP contribution is 2.30. The Balaban J connectivity index is 2.02. The van der Waals surface area contributed by atoms with Gasteiger partial charge in [-0.3, -0.25) is 0 Å². The molecule has 3 rings (SSSR count). The molecule has 0 saturated carbocycles. The maximum absolute atomic E-state index is 9.13. The van der Waals surface area contributed by atoms with Crippen molar-refractivity contribution in [2.45, 2.75) is 13.8 Å².